The van der Waals surface area contributed by atoms with Gasteiger partial charge in [0.25, 0.3) is 0 Å². The zero-order valence-electron chi connectivity index (χ0n) is 14.3. The second-order valence-electron chi connectivity index (χ2n) is 7.41. The van der Waals surface area contributed by atoms with E-state index in [1.54, 1.807) is 0 Å². The van der Waals surface area contributed by atoms with Crippen molar-refractivity contribution < 1.29 is 0 Å². The van der Waals surface area contributed by atoms with E-state index in [1.165, 1.54) is 60.8 Å². The Morgan fingerprint density at radius 3 is 2.44 bits per heavy atom. The normalized spacial score (nSPS) is 13.5. The lowest BCUT2D eigenvalue weighted by molar-refractivity contribution is 1.19. The van der Waals surface area contributed by atoms with Crippen LogP contribution >= 0.6 is 0 Å². The summed E-state index contributed by atoms with van der Waals surface area (Å²) >= 11 is 0. The van der Waals surface area contributed by atoms with Crippen molar-refractivity contribution in [1.82, 2.24) is 0 Å². The van der Waals surface area contributed by atoms with Crippen LogP contribution in [0.2, 0.25) is 0 Å². The molecule has 0 spiro atoms. The van der Waals surface area contributed by atoms with E-state index in [-0.39, 0.29) is 0 Å². The summed E-state index contributed by atoms with van der Waals surface area (Å²) in [6.07, 6.45) is 2.14. The van der Waals surface area contributed by atoms with Crippen molar-refractivity contribution in [3.63, 3.8) is 0 Å². The molecule has 0 N–H and O–H groups in total. The second kappa shape index (κ2) is 4.61. The molecule has 4 aromatic rings. The summed E-state index contributed by atoms with van der Waals surface area (Å²) in [5.74, 6) is 0. The van der Waals surface area contributed by atoms with E-state index in [4.69, 9.17) is 0 Å². The van der Waals surface area contributed by atoms with E-state index in [1.807, 2.05) is 0 Å². The van der Waals surface area contributed by atoms with Gasteiger partial charge in [-0.3, -0.25) is 0 Å². The van der Waals surface area contributed by atoms with Crippen molar-refractivity contribution in [3.05, 3.63) is 94.5 Å². The fourth-order valence-electron chi connectivity index (χ4n) is 4.95. The van der Waals surface area contributed by atoms with Gasteiger partial charge in [-0.1, -0.05) is 66.7 Å². The Labute approximate surface area is 147 Å². The third-order valence-electron chi connectivity index (χ3n) is 6.04. The zero-order valence-corrected chi connectivity index (χ0v) is 14.3. The predicted octanol–water partition coefficient (Wildman–Crippen LogP) is 6.29. The highest BCUT2D eigenvalue weighted by Crippen LogP contribution is 2.51. The molecule has 0 atom stereocenters. The van der Waals surface area contributed by atoms with Crippen LogP contribution in [0.3, 0.4) is 0 Å². The van der Waals surface area contributed by atoms with Gasteiger partial charge >= 0.3 is 0 Å². The van der Waals surface area contributed by atoms with Crippen molar-refractivity contribution in [3.8, 4) is 22.3 Å². The van der Waals surface area contributed by atoms with Gasteiger partial charge in [0.1, 0.15) is 0 Å². The first-order valence-corrected chi connectivity index (χ1v) is 9.06. The average Bonchev–Trinajstić information content (AvgIpc) is 3.20. The highest BCUT2D eigenvalue weighted by Gasteiger charge is 2.30. The Kier molecular flexibility index (Phi) is 2.48. The third kappa shape index (κ3) is 1.67. The zero-order chi connectivity index (χ0) is 16.5. The minimum absolute atomic E-state index is 1.06. The van der Waals surface area contributed by atoms with Crippen LogP contribution in [-0.2, 0) is 12.8 Å². The SMILES string of the molecule is Cc1cc2c(c3c1Cc1ccccc1-3)-c1c(ccc3ccccc13)C2. The number of benzene rings is 4. The smallest absolute Gasteiger partial charge is 0.00106 e. The fourth-order valence-corrected chi connectivity index (χ4v) is 4.95. The van der Waals surface area contributed by atoms with E-state index in [0.717, 1.165) is 12.8 Å². The molecule has 0 aliphatic heterocycles. The lowest BCUT2D eigenvalue weighted by Crippen LogP contribution is -1.92. The van der Waals surface area contributed by atoms with Gasteiger partial charge in [-0.05, 0) is 80.6 Å². The molecule has 0 saturated carbocycles. The molecule has 0 saturated heterocycles. The average molecular weight is 318 g/mol. The maximum Gasteiger partial charge on any atom is -0.00106 e. The second-order valence-corrected chi connectivity index (χ2v) is 7.41. The Balaban J connectivity index is 1.79. The molecule has 2 aliphatic rings. The minimum Gasteiger partial charge on any atom is -0.0619 e. The summed E-state index contributed by atoms with van der Waals surface area (Å²) in [4.78, 5) is 0. The van der Waals surface area contributed by atoms with Gasteiger partial charge in [0.05, 0.1) is 0 Å². The van der Waals surface area contributed by atoms with Crippen LogP contribution in [0.4, 0.5) is 0 Å². The van der Waals surface area contributed by atoms with Gasteiger partial charge in [0.15, 0.2) is 0 Å². The van der Waals surface area contributed by atoms with Gasteiger partial charge in [0.2, 0.25) is 0 Å². The molecule has 0 nitrogen and oxygen atoms in total. The number of rotatable bonds is 0. The highest BCUT2D eigenvalue weighted by molar-refractivity contribution is 6.06. The van der Waals surface area contributed by atoms with E-state index in [2.05, 4.69) is 73.7 Å². The Bertz CT molecular complexity index is 1190. The Morgan fingerprint density at radius 1 is 0.640 bits per heavy atom. The van der Waals surface area contributed by atoms with Crippen molar-refractivity contribution in [2.45, 2.75) is 19.8 Å². The summed E-state index contributed by atoms with van der Waals surface area (Å²) in [5.41, 5.74) is 13.3. The molecular formula is C25H18. The Hall–Kier alpha value is -2.86. The largest absolute Gasteiger partial charge is 0.0619 e. The van der Waals surface area contributed by atoms with Crippen LogP contribution < -0.4 is 0 Å². The summed E-state index contributed by atoms with van der Waals surface area (Å²) in [6, 6.07) is 24.8. The van der Waals surface area contributed by atoms with Crippen LogP contribution in [0.25, 0.3) is 33.0 Å². The van der Waals surface area contributed by atoms with Crippen molar-refractivity contribution >= 4 is 10.8 Å². The van der Waals surface area contributed by atoms with Gasteiger partial charge < -0.3 is 0 Å². The van der Waals surface area contributed by atoms with E-state index >= 15 is 0 Å². The number of aryl methyl sites for hydroxylation is 1. The maximum absolute atomic E-state index is 2.44. The molecule has 0 aromatic heterocycles. The summed E-state index contributed by atoms with van der Waals surface area (Å²) in [5, 5.41) is 2.74. The van der Waals surface area contributed by atoms with Gasteiger partial charge in [-0.15, -0.1) is 0 Å². The Morgan fingerprint density at radius 2 is 1.48 bits per heavy atom. The minimum atomic E-state index is 1.06. The van der Waals surface area contributed by atoms with Gasteiger partial charge in [-0.2, -0.15) is 0 Å². The summed E-state index contributed by atoms with van der Waals surface area (Å²) in [7, 11) is 0. The predicted molar refractivity (Wildman–Crippen MR) is 105 cm³/mol. The first kappa shape index (κ1) is 13.4. The van der Waals surface area contributed by atoms with Crippen molar-refractivity contribution in [2.75, 3.05) is 0 Å². The van der Waals surface area contributed by atoms with Crippen LogP contribution in [0.1, 0.15) is 27.8 Å². The molecule has 0 amide bonds. The molecule has 0 unspecified atom stereocenters. The third-order valence-corrected chi connectivity index (χ3v) is 6.04. The molecule has 25 heavy (non-hydrogen) atoms. The molecule has 0 bridgehead atoms. The fraction of sp³-hybridized carbons (Fsp3) is 0.120. The van der Waals surface area contributed by atoms with Gasteiger partial charge in [-0.25, -0.2) is 0 Å². The van der Waals surface area contributed by atoms with Crippen LogP contribution in [0, 0.1) is 6.92 Å². The quantitative estimate of drug-likeness (QED) is 0.309. The molecule has 118 valence electrons. The molecule has 0 radical (unpaired) electrons. The number of fused-ring (bicyclic) bond motifs is 9. The first-order valence-electron chi connectivity index (χ1n) is 9.06. The lowest BCUT2D eigenvalue weighted by atomic mass is 9.89. The lowest BCUT2D eigenvalue weighted by Gasteiger charge is -2.14. The molecule has 0 heteroatoms. The van der Waals surface area contributed by atoms with Crippen molar-refractivity contribution in [1.29, 1.82) is 0 Å². The molecule has 6 rings (SSSR count). The van der Waals surface area contributed by atoms with Crippen LogP contribution in [0.15, 0.2) is 66.7 Å². The maximum atomic E-state index is 2.44. The van der Waals surface area contributed by atoms with E-state index in [9.17, 15) is 0 Å². The van der Waals surface area contributed by atoms with Gasteiger partial charge in [0, 0.05) is 0 Å². The highest BCUT2D eigenvalue weighted by atomic mass is 14.3. The number of hydrogen-bond acceptors (Lipinski definition) is 0. The first-order chi connectivity index (χ1) is 12.3. The molecular weight excluding hydrogens is 300 g/mol. The molecule has 0 heterocycles. The standard InChI is InChI=1S/C25H18/c1-15-12-19-13-18-11-10-16-6-2-4-8-20(16)23(18)24(19)25-21-9-5-3-7-17(21)14-22(15)25/h2-12H,13-14H2,1H3. The van der Waals surface area contributed by atoms with E-state index in [0.29, 0.717) is 0 Å². The molecule has 4 aromatic carbocycles. The topological polar surface area (TPSA) is 0 Å². The van der Waals surface area contributed by atoms with Crippen LogP contribution in [-0.4, -0.2) is 0 Å². The van der Waals surface area contributed by atoms with E-state index < -0.39 is 0 Å². The summed E-state index contributed by atoms with van der Waals surface area (Å²) < 4.78 is 0. The summed E-state index contributed by atoms with van der Waals surface area (Å²) in [6.45, 7) is 2.28. The monoisotopic (exact) mass is 318 g/mol. The van der Waals surface area contributed by atoms with Crippen LogP contribution in [0.5, 0.6) is 0 Å². The number of hydrogen-bond donors (Lipinski definition) is 0. The molecule has 0 fully saturated rings. The molecule has 2 aliphatic carbocycles. The van der Waals surface area contributed by atoms with Crippen molar-refractivity contribution in [2.24, 2.45) is 0 Å².